The summed E-state index contributed by atoms with van der Waals surface area (Å²) in [6, 6.07) is 3.45. The third-order valence-corrected chi connectivity index (χ3v) is 2.52. The fourth-order valence-electron chi connectivity index (χ4n) is 1.62. The lowest BCUT2D eigenvalue weighted by Crippen LogP contribution is -2.03. The molecule has 0 aliphatic heterocycles. The summed E-state index contributed by atoms with van der Waals surface area (Å²) < 4.78 is 15.7. The van der Waals surface area contributed by atoms with Crippen LogP contribution in [-0.4, -0.2) is 41.5 Å². The maximum Gasteiger partial charge on any atom is 0.203 e. The number of benzene rings is 1. The summed E-state index contributed by atoms with van der Waals surface area (Å²) >= 11 is 0. The first-order chi connectivity index (χ1) is 9.23. The van der Waals surface area contributed by atoms with Crippen LogP contribution in [0.4, 0.5) is 0 Å². The van der Waals surface area contributed by atoms with E-state index in [2.05, 4.69) is 15.4 Å². The molecular formula is C11H15N5O3. The molecule has 0 aliphatic carbocycles. The number of ether oxygens (including phenoxy) is 3. The molecule has 0 amide bonds. The molecule has 0 fully saturated rings. The molecule has 0 saturated heterocycles. The minimum Gasteiger partial charge on any atom is -0.493 e. The molecule has 102 valence electrons. The number of aromatic nitrogens is 4. The standard InChI is InChI=1S/C11H15N5O3/c1-17-8-4-7(5-9(18-2)11(8)19-3)16-14-10(6-12)13-15-16/h4-5H,6,12H2,1-3H3. The van der Waals surface area contributed by atoms with Gasteiger partial charge in [0.1, 0.15) is 0 Å². The Morgan fingerprint density at radius 1 is 1.11 bits per heavy atom. The molecule has 0 radical (unpaired) electrons. The molecule has 8 heteroatoms. The minimum absolute atomic E-state index is 0.227. The summed E-state index contributed by atoms with van der Waals surface area (Å²) in [7, 11) is 4.63. The van der Waals surface area contributed by atoms with Gasteiger partial charge in [-0.05, 0) is 5.21 Å². The van der Waals surface area contributed by atoms with E-state index in [0.717, 1.165) is 0 Å². The number of nitrogens with zero attached hydrogens (tertiary/aromatic N) is 4. The number of tetrazole rings is 1. The predicted octanol–water partition coefficient (Wildman–Crippen LogP) is 0.147. The summed E-state index contributed by atoms with van der Waals surface area (Å²) in [5.41, 5.74) is 6.09. The lowest BCUT2D eigenvalue weighted by Gasteiger charge is -2.13. The number of methoxy groups -OCH3 is 3. The second-order valence-corrected chi connectivity index (χ2v) is 3.58. The third-order valence-electron chi connectivity index (χ3n) is 2.52. The van der Waals surface area contributed by atoms with E-state index in [1.807, 2.05) is 0 Å². The van der Waals surface area contributed by atoms with Gasteiger partial charge in [0.05, 0.1) is 33.6 Å². The second-order valence-electron chi connectivity index (χ2n) is 3.58. The van der Waals surface area contributed by atoms with Crippen molar-refractivity contribution < 1.29 is 14.2 Å². The zero-order valence-corrected chi connectivity index (χ0v) is 11.0. The minimum atomic E-state index is 0.227. The number of rotatable bonds is 5. The highest BCUT2D eigenvalue weighted by Gasteiger charge is 2.15. The highest BCUT2D eigenvalue weighted by molar-refractivity contribution is 5.57. The van der Waals surface area contributed by atoms with Gasteiger partial charge in [-0.3, -0.25) is 0 Å². The normalized spacial score (nSPS) is 10.3. The van der Waals surface area contributed by atoms with E-state index in [-0.39, 0.29) is 6.54 Å². The summed E-state index contributed by atoms with van der Waals surface area (Å²) in [5.74, 6) is 1.99. The molecule has 0 spiro atoms. The summed E-state index contributed by atoms with van der Waals surface area (Å²) in [5, 5.41) is 11.8. The van der Waals surface area contributed by atoms with Gasteiger partial charge in [0, 0.05) is 12.1 Å². The van der Waals surface area contributed by atoms with Crippen LogP contribution >= 0.6 is 0 Å². The van der Waals surface area contributed by atoms with Gasteiger partial charge in [0.2, 0.25) is 5.75 Å². The number of nitrogens with two attached hydrogens (primary N) is 1. The van der Waals surface area contributed by atoms with Crippen LogP contribution in [0.25, 0.3) is 5.69 Å². The second kappa shape index (κ2) is 5.53. The highest BCUT2D eigenvalue weighted by Crippen LogP contribution is 2.38. The fraction of sp³-hybridized carbons (Fsp3) is 0.364. The molecule has 19 heavy (non-hydrogen) atoms. The van der Waals surface area contributed by atoms with Crippen LogP contribution in [0.15, 0.2) is 12.1 Å². The van der Waals surface area contributed by atoms with Crippen LogP contribution in [0.5, 0.6) is 17.2 Å². The Labute approximate surface area is 110 Å². The van der Waals surface area contributed by atoms with Gasteiger partial charge >= 0.3 is 0 Å². The van der Waals surface area contributed by atoms with Crippen molar-refractivity contribution in [2.45, 2.75) is 6.54 Å². The largest absolute Gasteiger partial charge is 0.493 e. The first-order valence-corrected chi connectivity index (χ1v) is 5.52. The average Bonchev–Trinajstić information content (AvgIpc) is 2.94. The van der Waals surface area contributed by atoms with Crippen molar-refractivity contribution in [3.8, 4) is 22.9 Å². The molecule has 1 aromatic carbocycles. The van der Waals surface area contributed by atoms with Crippen LogP contribution < -0.4 is 19.9 Å². The molecule has 0 unspecified atom stereocenters. The molecular weight excluding hydrogens is 250 g/mol. The van der Waals surface area contributed by atoms with Crippen molar-refractivity contribution in [3.05, 3.63) is 18.0 Å². The Balaban J connectivity index is 2.51. The monoisotopic (exact) mass is 265 g/mol. The highest BCUT2D eigenvalue weighted by atomic mass is 16.5. The van der Waals surface area contributed by atoms with Gasteiger partial charge in [-0.25, -0.2) is 0 Å². The predicted molar refractivity (Wildman–Crippen MR) is 66.7 cm³/mol. The van der Waals surface area contributed by atoms with E-state index in [4.69, 9.17) is 19.9 Å². The van der Waals surface area contributed by atoms with Crippen molar-refractivity contribution in [2.75, 3.05) is 21.3 Å². The molecule has 8 nitrogen and oxygen atoms in total. The maximum absolute atomic E-state index is 5.45. The van der Waals surface area contributed by atoms with Crippen molar-refractivity contribution in [1.82, 2.24) is 20.2 Å². The van der Waals surface area contributed by atoms with Crippen LogP contribution in [0.1, 0.15) is 5.82 Å². The third kappa shape index (κ3) is 2.43. The smallest absolute Gasteiger partial charge is 0.203 e. The van der Waals surface area contributed by atoms with E-state index in [0.29, 0.717) is 28.8 Å². The fourth-order valence-corrected chi connectivity index (χ4v) is 1.62. The molecule has 0 atom stereocenters. The molecule has 1 aromatic heterocycles. The van der Waals surface area contributed by atoms with Crippen LogP contribution in [0.3, 0.4) is 0 Å². The summed E-state index contributed by atoms with van der Waals surface area (Å²) in [6.07, 6.45) is 0. The molecule has 2 rings (SSSR count). The quantitative estimate of drug-likeness (QED) is 0.821. The SMILES string of the molecule is COc1cc(-n2nnc(CN)n2)cc(OC)c1OC. The van der Waals surface area contributed by atoms with Gasteiger partial charge in [-0.2, -0.15) is 0 Å². The molecule has 0 saturated carbocycles. The zero-order valence-electron chi connectivity index (χ0n) is 11.0. The molecule has 2 aromatic rings. The maximum atomic E-state index is 5.45. The zero-order chi connectivity index (χ0) is 13.8. The van der Waals surface area contributed by atoms with Gasteiger partial charge in [-0.1, -0.05) is 0 Å². The molecule has 1 heterocycles. The summed E-state index contributed by atoms with van der Waals surface area (Å²) in [4.78, 5) is 1.35. The van der Waals surface area contributed by atoms with Gasteiger partial charge < -0.3 is 19.9 Å². The Bertz CT molecular complexity index is 544. The topological polar surface area (TPSA) is 97.3 Å². The lowest BCUT2D eigenvalue weighted by molar-refractivity contribution is 0.324. The van der Waals surface area contributed by atoms with E-state index in [1.54, 1.807) is 33.5 Å². The van der Waals surface area contributed by atoms with Crippen molar-refractivity contribution in [3.63, 3.8) is 0 Å². The Morgan fingerprint density at radius 2 is 1.74 bits per heavy atom. The lowest BCUT2D eigenvalue weighted by atomic mass is 10.2. The van der Waals surface area contributed by atoms with Gasteiger partial charge in [0.15, 0.2) is 17.3 Å². The van der Waals surface area contributed by atoms with Crippen molar-refractivity contribution in [2.24, 2.45) is 5.73 Å². The first kappa shape index (κ1) is 13.1. The van der Waals surface area contributed by atoms with E-state index in [9.17, 15) is 0 Å². The van der Waals surface area contributed by atoms with E-state index >= 15 is 0 Å². The Hall–Kier alpha value is -2.35. The molecule has 0 bridgehead atoms. The first-order valence-electron chi connectivity index (χ1n) is 5.52. The van der Waals surface area contributed by atoms with Crippen molar-refractivity contribution in [1.29, 1.82) is 0 Å². The van der Waals surface area contributed by atoms with E-state index < -0.39 is 0 Å². The van der Waals surface area contributed by atoms with Crippen LogP contribution in [-0.2, 0) is 6.54 Å². The van der Waals surface area contributed by atoms with E-state index in [1.165, 1.54) is 4.80 Å². The average molecular weight is 265 g/mol. The number of hydrogen-bond acceptors (Lipinski definition) is 7. The molecule has 0 aliphatic rings. The Kier molecular flexibility index (Phi) is 3.81. The van der Waals surface area contributed by atoms with Gasteiger partial charge in [-0.15, -0.1) is 15.0 Å². The van der Waals surface area contributed by atoms with Crippen LogP contribution in [0.2, 0.25) is 0 Å². The number of hydrogen-bond donors (Lipinski definition) is 1. The summed E-state index contributed by atoms with van der Waals surface area (Å²) in [6.45, 7) is 0.227. The van der Waals surface area contributed by atoms with Crippen LogP contribution in [0, 0.1) is 0 Å². The Morgan fingerprint density at radius 3 is 2.16 bits per heavy atom. The molecule has 2 N–H and O–H groups in total. The van der Waals surface area contributed by atoms with Gasteiger partial charge in [0.25, 0.3) is 0 Å². The van der Waals surface area contributed by atoms with Crippen molar-refractivity contribution >= 4 is 0 Å².